The van der Waals surface area contributed by atoms with Crippen molar-refractivity contribution in [2.75, 3.05) is 13.1 Å². The van der Waals surface area contributed by atoms with E-state index in [0.29, 0.717) is 17.8 Å². The summed E-state index contributed by atoms with van der Waals surface area (Å²) in [6, 6.07) is 11.9. The number of carbonyl (C=O) groups excluding carboxylic acids is 2. The van der Waals surface area contributed by atoms with E-state index in [1.807, 2.05) is 48.7 Å². The lowest BCUT2D eigenvalue weighted by molar-refractivity contribution is -0.138. The minimum absolute atomic E-state index is 0.152. The molecule has 2 aromatic rings. The molecule has 4 nitrogen and oxygen atoms in total. The van der Waals surface area contributed by atoms with E-state index in [1.54, 1.807) is 0 Å². The number of benzene rings is 1. The number of carbonyl (C=O) groups is 2. The van der Waals surface area contributed by atoms with Gasteiger partial charge in [-0.3, -0.25) is 14.5 Å². The fourth-order valence-electron chi connectivity index (χ4n) is 3.64. The third-order valence-electron chi connectivity index (χ3n) is 5.04. The molecular formula is C21H22N2O2S. The number of piperidine rings is 1. The van der Waals surface area contributed by atoms with Crippen molar-refractivity contribution < 1.29 is 9.59 Å². The minimum atomic E-state index is -0.168. The number of rotatable bonds is 4. The third kappa shape index (κ3) is 3.07. The number of likely N-dealkylation sites (tertiary alicyclic amines) is 1. The maximum Gasteiger partial charge on any atom is 0.278 e. The summed E-state index contributed by atoms with van der Waals surface area (Å²) in [6.45, 7) is 4.05. The lowest BCUT2D eigenvalue weighted by Crippen LogP contribution is -2.36. The first-order chi connectivity index (χ1) is 12.6. The molecule has 134 valence electrons. The number of hydrogen-bond acceptors (Lipinski definition) is 4. The van der Waals surface area contributed by atoms with Crippen molar-refractivity contribution in [2.24, 2.45) is 0 Å². The van der Waals surface area contributed by atoms with E-state index < -0.39 is 0 Å². The second-order valence-corrected chi connectivity index (χ2v) is 7.88. The fraction of sp³-hybridized carbons (Fsp3) is 0.333. The summed E-state index contributed by atoms with van der Waals surface area (Å²) in [7, 11) is 0. The molecule has 2 amide bonds. The molecule has 1 saturated heterocycles. The normalized spacial score (nSPS) is 18.2. The molecule has 2 aliphatic heterocycles. The topological polar surface area (TPSA) is 40.6 Å². The Morgan fingerprint density at radius 3 is 2.35 bits per heavy atom. The molecule has 1 aromatic carbocycles. The number of hydrogen-bond donors (Lipinski definition) is 0. The molecule has 0 unspecified atom stereocenters. The zero-order chi connectivity index (χ0) is 18.1. The lowest BCUT2D eigenvalue weighted by atomic mass is 10.1. The summed E-state index contributed by atoms with van der Waals surface area (Å²) >= 11 is 1.52. The average molecular weight is 366 g/mol. The lowest BCUT2D eigenvalue weighted by Gasteiger charge is -2.29. The number of nitrogens with zero attached hydrogens (tertiary/aromatic N) is 2. The highest BCUT2D eigenvalue weighted by molar-refractivity contribution is 7.11. The molecule has 4 rings (SSSR count). The van der Waals surface area contributed by atoms with Gasteiger partial charge >= 0.3 is 0 Å². The van der Waals surface area contributed by atoms with E-state index in [9.17, 15) is 9.59 Å². The maximum atomic E-state index is 13.2. The van der Waals surface area contributed by atoms with Gasteiger partial charge in [-0.05, 0) is 43.2 Å². The van der Waals surface area contributed by atoms with Crippen LogP contribution >= 0.6 is 11.3 Å². The van der Waals surface area contributed by atoms with Crippen LogP contribution in [0, 0.1) is 6.92 Å². The number of imide groups is 1. The van der Waals surface area contributed by atoms with Crippen LogP contribution in [0.5, 0.6) is 0 Å². The quantitative estimate of drug-likeness (QED) is 0.773. The highest BCUT2D eigenvalue weighted by Crippen LogP contribution is 2.35. The van der Waals surface area contributed by atoms with Gasteiger partial charge in [0.25, 0.3) is 11.8 Å². The third-order valence-corrected chi connectivity index (χ3v) is 5.93. The van der Waals surface area contributed by atoms with Crippen molar-refractivity contribution in [3.63, 3.8) is 0 Å². The monoisotopic (exact) mass is 366 g/mol. The van der Waals surface area contributed by atoms with Crippen LogP contribution in [0.1, 0.15) is 35.3 Å². The van der Waals surface area contributed by atoms with E-state index in [2.05, 4.69) is 4.90 Å². The van der Waals surface area contributed by atoms with Gasteiger partial charge in [-0.15, -0.1) is 11.3 Å². The molecule has 0 radical (unpaired) electrons. The molecule has 26 heavy (non-hydrogen) atoms. The smallest absolute Gasteiger partial charge is 0.278 e. The van der Waals surface area contributed by atoms with E-state index in [0.717, 1.165) is 36.4 Å². The summed E-state index contributed by atoms with van der Waals surface area (Å²) in [4.78, 5) is 30.8. The van der Waals surface area contributed by atoms with Crippen LogP contribution in [-0.2, 0) is 16.1 Å². The summed E-state index contributed by atoms with van der Waals surface area (Å²) < 4.78 is 0. The Morgan fingerprint density at radius 2 is 1.69 bits per heavy atom. The highest BCUT2D eigenvalue weighted by Gasteiger charge is 2.42. The standard InChI is InChI=1S/C21H22N2O2S/c1-15-7-9-16(10-8-15)14-23-20(24)18(17-6-5-13-26-17)19(21(23)25)22-11-3-2-4-12-22/h5-10,13H,2-4,11-12,14H2,1H3. The van der Waals surface area contributed by atoms with Gasteiger partial charge in [0, 0.05) is 18.0 Å². The van der Waals surface area contributed by atoms with Crippen LogP contribution in [0.4, 0.5) is 0 Å². The summed E-state index contributed by atoms with van der Waals surface area (Å²) in [5, 5.41) is 1.95. The number of aryl methyl sites for hydroxylation is 1. The van der Waals surface area contributed by atoms with Crippen LogP contribution in [0.2, 0.25) is 0 Å². The Balaban J connectivity index is 1.69. The van der Waals surface area contributed by atoms with Gasteiger partial charge in [0.1, 0.15) is 5.70 Å². The molecule has 3 heterocycles. The molecule has 0 aliphatic carbocycles. The Labute approximate surface area is 157 Å². The summed E-state index contributed by atoms with van der Waals surface area (Å²) in [5.74, 6) is -0.320. The summed E-state index contributed by atoms with van der Waals surface area (Å²) in [6.07, 6.45) is 3.33. The van der Waals surface area contributed by atoms with Gasteiger partial charge in [0.2, 0.25) is 0 Å². The van der Waals surface area contributed by atoms with Crippen LogP contribution < -0.4 is 0 Å². The largest absolute Gasteiger partial charge is 0.366 e. The van der Waals surface area contributed by atoms with E-state index in [1.165, 1.54) is 28.2 Å². The van der Waals surface area contributed by atoms with Gasteiger partial charge in [-0.1, -0.05) is 35.9 Å². The molecule has 0 atom stereocenters. The fourth-order valence-corrected chi connectivity index (χ4v) is 4.40. The van der Waals surface area contributed by atoms with Crippen molar-refractivity contribution in [1.29, 1.82) is 0 Å². The van der Waals surface area contributed by atoms with Gasteiger partial charge in [-0.2, -0.15) is 0 Å². The van der Waals surface area contributed by atoms with E-state index >= 15 is 0 Å². The van der Waals surface area contributed by atoms with Crippen molar-refractivity contribution in [3.05, 3.63) is 63.5 Å². The molecule has 5 heteroatoms. The zero-order valence-corrected chi connectivity index (χ0v) is 15.7. The second-order valence-electron chi connectivity index (χ2n) is 6.93. The summed E-state index contributed by atoms with van der Waals surface area (Å²) in [5.41, 5.74) is 3.32. The van der Waals surface area contributed by atoms with Gasteiger partial charge < -0.3 is 4.90 Å². The Kier molecular flexibility index (Phi) is 4.64. The SMILES string of the molecule is Cc1ccc(CN2C(=O)C(c3cccs3)=C(N3CCCCC3)C2=O)cc1. The van der Waals surface area contributed by atoms with Gasteiger partial charge in [0.15, 0.2) is 0 Å². The van der Waals surface area contributed by atoms with E-state index in [4.69, 9.17) is 0 Å². The van der Waals surface area contributed by atoms with Crippen LogP contribution in [0.25, 0.3) is 5.57 Å². The Morgan fingerprint density at radius 1 is 0.962 bits per heavy atom. The van der Waals surface area contributed by atoms with Crippen LogP contribution in [0.15, 0.2) is 47.5 Å². The second kappa shape index (κ2) is 7.08. The molecular weight excluding hydrogens is 344 g/mol. The van der Waals surface area contributed by atoms with E-state index in [-0.39, 0.29) is 11.8 Å². The molecule has 0 saturated carbocycles. The van der Waals surface area contributed by atoms with Crippen molar-refractivity contribution in [2.45, 2.75) is 32.7 Å². The highest BCUT2D eigenvalue weighted by atomic mass is 32.1. The average Bonchev–Trinajstić information content (AvgIpc) is 3.26. The predicted octanol–water partition coefficient (Wildman–Crippen LogP) is 3.82. The Bertz CT molecular complexity index is 847. The molecule has 1 fully saturated rings. The number of thiophene rings is 1. The van der Waals surface area contributed by atoms with Gasteiger partial charge in [0.05, 0.1) is 12.1 Å². The van der Waals surface area contributed by atoms with Crippen molar-refractivity contribution in [3.8, 4) is 0 Å². The molecule has 0 spiro atoms. The van der Waals surface area contributed by atoms with Crippen molar-refractivity contribution >= 4 is 28.7 Å². The maximum absolute atomic E-state index is 13.2. The molecule has 0 bridgehead atoms. The van der Waals surface area contributed by atoms with Crippen LogP contribution in [-0.4, -0.2) is 34.7 Å². The Hall–Kier alpha value is -2.40. The first kappa shape index (κ1) is 17.0. The minimum Gasteiger partial charge on any atom is -0.366 e. The molecule has 1 aromatic heterocycles. The first-order valence-electron chi connectivity index (χ1n) is 9.10. The van der Waals surface area contributed by atoms with Crippen molar-refractivity contribution in [1.82, 2.24) is 9.80 Å². The molecule has 0 N–H and O–H groups in total. The predicted molar refractivity (Wildman–Crippen MR) is 103 cm³/mol. The zero-order valence-electron chi connectivity index (χ0n) is 14.9. The van der Waals surface area contributed by atoms with Crippen LogP contribution in [0.3, 0.4) is 0 Å². The van der Waals surface area contributed by atoms with Gasteiger partial charge in [-0.25, -0.2) is 0 Å². The molecule has 2 aliphatic rings. The number of amides is 2. The first-order valence-corrected chi connectivity index (χ1v) is 9.98.